The van der Waals surface area contributed by atoms with Gasteiger partial charge in [0.25, 0.3) is 0 Å². The lowest BCUT2D eigenvalue weighted by molar-refractivity contribution is 0.411. The van der Waals surface area contributed by atoms with Gasteiger partial charge in [-0.05, 0) is 5.92 Å². The van der Waals surface area contributed by atoms with Crippen molar-refractivity contribution in [2.45, 2.75) is 19.9 Å². The van der Waals surface area contributed by atoms with Gasteiger partial charge in [0.15, 0.2) is 5.75 Å². The Labute approximate surface area is 90.1 Å². The number of methoxy groups -OCH3 is 1. The summed E-state index contributed by atoms with van der Waals surface area (Å²) in [6.45, 7) is 4.84. The molecule has 0 aromatic carbocycles. The van der Waals surface area contributed by atoms with Crippen molar-refractivity contribution in [3.05, 3.63) is 12.4 Å². The highest BCUT2D eigenvalue weighted by Gasteiger charge is 2.07. The first-order valence-corrected chi connectivity index (χ1v) is 4.99. The first kappa shape index (κ1) is 11.7. The van der Waals surface area contributed by atoms with E-state index in [1.807, 2.05) is 0 Å². The monoisotopic (exact) mass is 210 g/mol. The molecule has 1 aromatic rings. The number of nitrogens with zero attached hydrogens (tertiary/aromatic N) is 2. The molecule has 0 spiro atoms. The van der Waals surface area contributed by atoms with Crippen molar-refractivity contribution >= 4 is 5.95 Å². The van der Waals surface area contributed by atoms with E-state index in [-0.39, 0.29) is 6.04 Å². The maximum atomic E-state index is 5.88. The van der Waals surface area contributed by atoms with Crippen LogP contribution < -0.4 is 15.8 Å². The number of anilines is 1. The zero-order valence-corrected chi connectivity index (χ0v) is 9.40. The fourth-order valence-electron chi connectivity index (χ4n) is 0.958. The van der Waals surface area contributed by atoms with Crippen LogP contribution in [-0.4, -0.2) is 29.7 Å². The zero-order valence-electron chi connectivity index (χ0n) is 9.40. The van der Waals surface area contributed by atoms with E-state index in [9.17, 15) is 0 Å². The molecule has 0 saturated heterocycles. The largest absolute Gasteiger partial charge is 0.494 e. The quantitative estimate of drug-likeness (QED) is 0.754. The molecular weight excluding hydrogens is 192 g/mol. The molecule has 0 radical (unpaired) electrons. The van der Waals surface area contributed by atoms with E-state index < -0.39 is 0 Å². The van der Waals surface area contributed by atoms with Gasteiger partial charge in [-0.15, -0.1) is 0 Å². The van der Waals surface area contributed by atoms with Gasteiger partial charge in [-0.2, -0.15) is 0 Å². The van der Waals surface area contributed by atoms with E-state index in [0.717, 1.165) is 0 Å². The smallest absolute Gasteiger partial charge is 0.222 e. The van der Waals surface area contributed by atoms with Crippen LogP contribution in [0.25, 0.3) is 0 Å². The van der Waals surface area contributed by atoms with Gasteiger partial charge in [-0.1, -0.05) is 13.8 Å². The highest BCUT2D eigenvalue weighted by atomic mass is 16.5. The molecule has 1 atom stereocenters. The van der Waals surface area contributed by atoms with E-state index in [4.69, 9.17) is 10.5 Å². The molecule has 5 heteroatoms. The van der Waals surface area contributed by atoms with Crippen molar-refractivity contribution in [2.24, 2.45) is 11.7 Å². The molecule has 1 unspecified atom stereocenters. The Morgan fingerprint density at radius 3 is 2.47 bits per heavy atom. The minimum absolute atomic E-state index is 0.107. The summed E-state index contributed by atoms with van der Waals surface area (Å²) in [7, 11) is 1.58. The molecule has 0 aliphatic carbocycles. The van der Waals surface area contributed by atoms with Crippen LogP contribution in [0.2, 0.25) is 0 Å². The number of aromatic nitrogens is 2. The summed E-state index contributed by atoms with van der Waals surface area (Å²) >= 11 is 0. The summed E-state index contributed by atoms with van der Waals surface area (Å²) in [6.07, 6.45) is 3.24. The number of nitrogens with one attached hydrogen (secondary N) is 1. The maximum absolute atomic E-state index is 5.88. The second-order valence-corrected chi connectivity index (χ2v) is 3.74. The zero-order chi connectivity index (χ0) is 11.3. The van der Waals surface area contributed by atoms with Crippen LogP contribution in [0.4, 0.5) is 5.95 Å². The Hall–Kier alpha value is -1.36. The Bertz CT molecular complexity index is 286. The second kappa shape index (κ2) is 5.50. The molecule has 0 amide bonds. The van der Waals surface area contributed by atoms with Gasteiger partial charge in [0.05, 0.1) is 19.5 Å². The van der Waals surface area contributed by atoms with Gasteiger partial charge in [0.1, 0.15) is 0 Å². The average molecular weight is 210 g/mol. The van der Waals surface area contributed by atoms with Gasteiger partial charge in [0, 0.05) is 12.6 Å². The Balaban J connectivity index is 2.44. The van der Waals surface area contributed by atoms with Gasteiger partial charge in [-0.3, -0.25) is 0 Å². The molecule has 0 saturated carbocycles. The summed E-state index contributed by atoms with van der Waals surface area (Å²) < 4.78 is 4.96. The first-order chi connectivity index (χ1) is 7.13. The normalized spacial score (nSPS) is 12.6. The van der Waals surface area contributed by atoms with Crippen molar-refractivity contribution in [1.29, 1.82) is 0 Å². The van der Waals surface area contributed by atoms with E-state index >= 15 is 0 Å². The molecule has 0 aliphatic rings. The Morgan fingerprint density at radius 1 is 1.40 bits per heavy atom. The molecule has 5 nitrogen and oxygen atoms in total. The molecule has 0 aliphatic heterocycles. The SMILES string of the molecule is COc1cnc(NCC(N)C(C)C)nc1. The highest BCUT2D eigenvalue weighted by molar-refractivity contribution is 5.27. The molecule has 84 valence electrons. The molecule has 3 N–H and O–H groups in total. The van der Waals surface area contributed by atoms with Gasteiger partial charge >= 0.3 is 0 Å². The van der Waals surface area contributed by atoms with Crippen LogP contribution in [0.5, 0.6) is 5.75 Å². The van der Waals surface area contributed by atoms with E-state index in [1.165, 1.54) is 0 Å². The van der Waals surface area contributed by atoms with Crippen LogP contribution in [0.3, 0.4) is 0 Å². The van der Waals surface area contributed by atoms with Gasteiger partial charge in [0.2, 0.25) is 5.95 Å². The molecule has 1 rings (SSSR count). The predicted molar refractivity (Wildman–Crippen MR) is 59.9 cm³/mol. The molecule has 0 fully saturated rings. The van der Waals surface area contributed by atoms with Crippen LogP contribution >= 0.6 is 0 Å². The number of hydrogen-bond acceptors (Lipinski definition) is 5. The first-order valence-electron chi connectivity index (χ1n) is 4.99. The third-order valence-corrected chi connectivity index (χ3v) is 2.22. The van der Waals surface area contributed by atoms with Crippen molar-refractivity contribution in [3.63, 3.8) is 0 Å². The van der Waals surface area contributed by atoms with Gasteiger partial charge in [-0.25, -0.2) is 9.97 Å². The van der Waals surface area contributed by atoms with E-state index in [1.54, 1.807) is 19.5 Å². The molecular formula is C10H18N4O. The Kier molecular flexibility index (Phi) is 4.30. The second-order valence-electron chi connectivity index (χ2n) is 3.74. The summed E-state index contributed by atoms with van der Waals surface area (Å²) in [5.74, 6) is 1.66. The third-order valence-electron chi connectivity index (χ3n) is 2.22. The van der Waals surface area contributed by atoms with Crippen molar-refractivity contribution in [2.75, 3.05) is 19.0 Å². The minimum Gasteiger partial charge on any atom is -0.494 e. The fourth-order valence-corrected chi connectivity index (χ4v) is 0.958. The predicted octanol–water partition coefficient (Wildman–Crippen LogP) is 0.880. The fraction of sp³-hybridized carbons (Fsp3) is 0.600. The summed E-state index contributed by atoms with van der Waals surface area (Å²) in [4.78, 5) is 8.16. The van der Waals surface area contributed by atoms with Gasteiger partial charge < -0.3 is 15.8 Å². The van der Waals surface area contributed by atoms with Crippen LogP contribution in [-0.2, 0) is 0 Å². The number of rotatable bonds is 5. The van der Waals surface area contributed by atoms with Crippen molar-refractivity contribution in [3.8, 4) is 5.75 Å². The van der Waals surface area contributed by atoms with Crippen molar-refractivity contribution in [1.82, 2.24) is 9.97 Å². The average Bonchev–Trinajstić information content (AvgIpc) is 2.26. The maximum Gasteiger partial charge on any atom is 0.222 e. The molecule has 1 heterocycles. The Morgan fingerprint density at radius 2 is 2.00 bits per heavy atom. The third kappa shape index (κ3) is 3.71. The van der Waals surface area contributed by atoms with Crippen molar-refractivity contribution < 1.29 is 4.74 Å². The molecule has 15 heavy (non-hydrogen) atoms. The lowest BCUT2D eigenvalue weighted by atomic mass is 10.1. The summed E-state index contributed by atoms with van der Waals surface area (Å²) in [5, 5.41) is 3.07. The molecule has 1 aromatic heterocycles. The minimum atomic E-state index is 0.107. The molecule has 0 bridgehead atoms. The topological polar surface area (TPSA) is 73.1 Å². The van der Waals surface area contributed by atoms with Crippen LogP contribution in [0.1, 0.15) is 13.8 Å². The van der Waals surface area contributed by atoms with Crippen LogP contribution in [0, 0.1) is 5.92 Å². The van der Waals surface area contributed by atoms with Crippen LogP contribution in [0.15, 0.2) is 12.4 Å². The lowest BCUT2D eigenvalue weighted by Crippen LogP contribution is -2.34. The number of ether oxygens (including phenoxy) is 1. The summed E-state index contributed by atoms with van der Waals surface area (Å²) in [6, 6.07) is 0.107. The number of hydrogen-bond donors (Lipinski definition) is 2. The summed E-state index contributed by atoms with van der Waals surface area (Å²) in [5.41, 5.74) is 5.88. The highest BCUT2D eigenvalue weighted by Crippen LogP contribution is 2.07. The van der Waals surface area contributed by atoms with E-state index in [2.05, 4.69) is 29.1 Å². The number of nitrogens with two attached hydrogens (primary N) is 1. The standard InChI is InChI=1S/C10H18N4O/c1-7(2)9(11)6-14-10-12-4-8(15-3)5-13-10/h4-5,7,9H,6,11H2,1-3H3,(H,12,13,14). The lowest BCUT2D eigenvalue weighted by Gasteiger charge is -2.15. The van der Waals surface area contributed by atoms with E-state index in [0.29, 0.717) is 24.2 Å².